The predicted molar refractivity (Wildman–Crippen MR) is 143 cm³/mol. The third-order valence-electron chi connectivity index (χ3n) is 5.92. The number of ketones is 1. The molecular formula is C32H26O6. The topological polar surface area (TPSA) is 71.1 Å². The van der Waals surface area contributed by atoms with E-state index in [2.05, 4.69) is 0 Å². The molecule has 1 heterocycles. The summed E-state index contributed by atoms with van der Waals surface area (Å²) in [4.78, 5) is 25.1. The van der Waals surface area contributed by atoms with Crippen molar-refractivity contribution in [3.8, 4) is 17.2 Å². The lowest BCUT2D eigenvalue weighted by molar-refractivity contribution is 0.0526. The third kappa shape index (κ3) is 5.76. The van der Waals surface area contributed by atoms with E-state index in [4.69, 9.17) is 18.9 Å². The van der Waals surface area contributed by atoms with Gasteiger partial charge in [0.05, 0.1) is 17.7 Å². The highest BCUT2D eigenvalue weighted by Gasteiger charge is 2.28. The Hall–Kier alpha value is -4.84. The molecule has 0 atom stereocenters. The van der Waals surface area contributed by atoms with Gasteiger partial charge in [0, 0.05) is 0 Å². The largest absolute Gasteiger partial charge is 0.485 e. The summed E-state index contributed by atoms with van der Waals surface area (Å²) in [7, 11) is 0. The minimum absolute atomic E-state index is 0.160. The standard InChI is InChI=1S/C32H26O6/c1-2-35-32(34)25-14-16-27-26(19-25)31(33)30(38-27)18-24-13-15-28(36-20-22-9-5-3-6-10-22)29(17-24)37-21-23-11-7-4-8-12-23/h3-19H,2,20-21H2,1H3/b30-18-. The highest BCUT2D eigenvalue weighted by atomic mass is 16.5. The smallest absolute Gasteiger partial charge is 0.338 e. The number of carbonyl (C=O) groups is 2. The van der Waals surface area contributed by atoms with Gasteiger partial charge in [-0.05, 0) is 60.0 Å². The molecule has 0 fully saturated rings. The van der Waals surface area contributed by atoms with Crippen LogP contribution >= 0.6 is 0 Å². The molecule has 0 aromatic heterocycles. The van der Waals surface area contributed by atoms with Crippen LogP contribution in [0.5, 0.6) is 17.2 Å². The Bertz CT molecular complexity index is 1470. The van der Waals surface area contributed by atoms with Crippen LogP contribution in [0.4, 0.5) is 0 Å². The minimum Gasteiger partial charge on any atom is -0.485 e. The molecule has 0 radical (unpaired) electrons. The Balaban J connectivity index is 1.39. The fourth-order valence-electron chi connectivity index (χ4n) is 4.00. The summed E-state index contributed by atoms with van der Waals surface area (Å²) in [5.41, 5.74) is 3.40. The first kappa shape index (κ1) is 24.8. The summed E-state index contributed by atoms with van der Waals surface area (Å²) < 4.78 is 23.1. The van der Waals surface area contributed by atoms with Gasteiger partial charge < -0.3 is 18.9 Å². The van der Waals surface area contributed by atoms with E-state index in [-0.39, 0.29) is 18.1 Å². The van der Waals surface area contributed by atoms with Crippen molar-refractivity contribution < 1.29 is 28.5 Å². The normalized spacial score (nSPS) is 13.1. The first-order valence-electron chi connectivity index (χ1n) is 12.3. The second-order valence-corrected chi connectivity index (χ2v) is 8.63. The Kier molecular flexibility index (Phi) is 7.50. The Morgan fingerprint density at radius 1 is 0.789 bits per heavy atom. The molecule has 4 aromatic rings. The van der Waals surface area contributed by atoms with Crippen LogP contribution in [0.15, 0.2) is 103 Å². The molecule has 0 amide bonds. The highest BCUT2D eigenvalue weighted by Crippen LogP contribution is 2.35. The van der Waals surface area contributed by atoms with Gasteiger partial charge in [0.25, 0.3) is 0 Å². The number of hydrogen-bond donors (Lipinski definition) is 0. The van der Waals surface area contributed by atoms with Crippen LogP contribution < -0.4 is 14.2 Å². The monoisotopic (exact) mass is 506 g/mol. The average molecular weight is 507 g/mol. The number of ether oxygens (including phenoxy) is 4. The highest BCUT2D eigenvalue weighted by molar-refractivity contribution is 6.15. The zero-order valence-electron chi connectivity index (χ0n) is 20.9. The fourth-order valence-corrected chi connectivity index (χ4v) is 4.00. The van der Waals surface area contributed by atoms with E-state index >= 15 is 0 Å². The molecule has 190 valence electrons. The van der Waals surface area contributed by atoms with Crippen molar-refractivity contribution >= 4 is 17.8 Å². The number of fused-ring (bicyclic) bond motifs is 1. The van der Waals surface area contributed by atoms with E-state index in [9.17, 15) is 9.59 Å². The number of benzene rings is 4. The van der Waals surface area contributed by atoms with Crippen molar-refractivity contribution in [2.24, 2.45) is 0 Å². The quantitative estimate of drug-likeness (QED) is 0.187. The average Bonchev–Trinajstić information content (AvgIpc) is 3.26. The molecule has 38 heavy (non-hydrogen) atoms. The van der Waals surface area contributed by atoms with E-state index in [1.54, 1.807) is 25.1 Å². The lowest BCUT2D eigenvalue weighted by Crippen LogP contribution is -2.05. The van der Waals surface area contributed by atoms with Gasteiger partial charge in [-0.15, -0.1) is 0 Å². The van der Waals surface area contributed by atoms with Crippen molar-refractivity contribution in [3.63, 3.8) is 0 Å². The summed E-state index contributed by atoms with van der Waals surface area (Å²) in [6.45, 7) is 2.74. The maximum atomic E-state index is 13.1. The fraction of sp³-hybridized carbons (Fsp3) is 0.125. The van der Waals surface area contributed by atoms with E-state index in [1.165, 1.54) is 6.07 Å². The summed E-state index contributed by atoms with van der Waals surface area (Å²) in [5.74, 6) is 0.916. The molecule has 1 aliphatic heterocycles. The number of carbonyl (C=O) groups excluding carboxylic acids is 2. The number of hydrogen-bond acceptors (Lipinski definition) is 6. The van der Waals surface area contributed by atoms with Crippen LogP contribution in [-0.4, -0.2) is 18.4 Å². The molecule has 5 rings (SSSR count). The first-order valence-corrected chi connectivity index (χ1v) is 12.3. The van der Waals surface area contributed by atoms with Crippen LogP contribution in [0.25, 0.3) is 6.08 Å². The number of Topliss-reactive ketones (excluding diaryl/α,β-unsaturated/α-hetero) is 1. The Labute approximate surface area is 221 Å². The number of rotatable bonds is 9. The van der Waals surface area contributed by atoms with Gasteiger partial charge in [0.15, 0.2) is 17.3 Å². The van der Waals surface area contributed by atoms with Crippen molar-refractivity contribution in [2.75, 3.05) is 6.61 Å². The van der Waals surface area contributed by atoms with E-state index < -0.39 is 5.97 Å². The summed E-state index contributed by atoms with van der Waals surface area (Å²) >= 11 is 0. The van der Waals surface area contributed by atoms with Crippen LogP contribution in [0.3, 0.4) is 0 Å². The van der Waals surface area contributed by atoms with Gasteiger partial charge in [0.1, 0.15) is 19.0 Å². The molecule has 0 saturated heterocycles. The molecule has 4 aromatic carbocycles. The predicted octanol–water partition coefficient (Wildman–Crippen LogP) is 6.64. The second kappa shape index (κ2) is 11.5. The van der Waals surface area contributed by atoms with Gasteiger partial charge >= 0.3 is 5.97 Å². The molecule has 6 heteroatoms. The van der Waals surface area contributed by atoms with Crippen molar-refractivity contribution in [1.82, 2.24) is 0 Å². The van der Waals surface area contributed by atoms with E-state index in [0.29, 0.717) is 47.2 Å². The van der Waals surface area contributed by atoms with Gasteiger partial charge in [-0.3, -0.25) is 4.79 Å². The molecular weight excluding hydrogens is 480 g/mol. The lowest BCUT2D eigenvalue weighted by Gasteiger charge is -2.14. The molecule has 0 bridgehead atoms. The molecule has 0 aliphatic carbocycles. The number of allylic oxidation sites excluding steroid dienone is 1. The summed E-state index contributed by atoms with van der Waals surface area (Å²) in [6, 6.07) is 29.9. The van der Waals surface area contributed by atoms with Gasteiger partial charge in [-0.1, -0.05) is 66.7 Å². The summed E-state index contributed by atoms with van der Waals surface area (Å²) in [5, 5.41) is 0. The zero-order chi connectivity index (χ0) is 26.3. The van der Waals surface area contributed by atoms with Crippen LogP contribution in [-0.2, 0) is 18.0 Å². The second-order valence-electron chi connectivity index (χ2n) is 8.63. The Morgan fingerprint density at radius 3 is 2.11 bits per heavy atom. The van der Waals surface area contributed by atoms with E-state index in [1.807, 2.05) is 78.9 Å². The Morgan fingerprint density at radius 2 is 1.45 bits per heavy atom. The van der Waals surface area contributed by atoms with Gasteiger partial charge in [-0.25, -0.2) is 4.79 Å². The van der Waals surface area contributed by atoms with E-state index in [0.717, 1.165) is 11.1 Å². The van der Waals surface area contributed by atoms with Crippen molar-refractivity contribution in [3.05, 3.63) is 131 Å². The van der Waals surface area contributed by atoms with Crippen molar-refractivity contribution in [1.29, 1.82) is 0 Å². The first-order chi connectivity index (χ1) is 18.6. The van der Waals surface area contributed by atoms with Crippen LogP contribution in [0.1, 0.15) is 44.3 Å². The lowest BCUT2D eigenvalue weighted by atomic mass is 10.1. The molecule has 0 unspecified atom stereocenters. The maximum Gasteiger partial charge on any atom is 0.338 e. The molecule has 0 N–H and O–H groups in total. The molecule has 0 saturated carbocycles. The van der Waals surface area contributed by atoms with Crippen molar-refractivity contribution in [2.45, 2.75) is 20.1 Å². The molecule has 6 nitrogen and oxygen atoms in total. The zero-order valence-corrected chi connectivity index (χ0v) is 20.9. The van der Waals surface area contributed by atoms with Gasteiger partial charge in [-0.2, -0.15) is 0 Å². The summed E-state index contributed by atoms with van der Waals surface area (Å²) in [6.07, 6.45) is 1.66. The molecule has 1 aliphatic rings. The third-order valence-corrected chi connectivity index (χ3v) is 5.92. The van der Waals surface area contributed by atoms with Crippen LogP contribution in [0.2, 0.25) is 0 Å². The van der Waals surface area contributed by atoms with Gasteiger partial charge in [0.2, 0.25) is 5.78 Å². The maximum absolute atomic E-state index is 13.1. The molecule has 0 spiro atoms. The SMILES string of the molecule is CCOC(=O)c1ccc2c(c1)C(=O)/C(=C/c1ccc(OCc3ccccc3)c(OCc3ccccc3)c1)O2. The van der Waals surface area contributed by atoms with Crippen LogP contribution in [0, 0.1) is 0 Å². The minimum atomic E-state index is -0.480. The number of esters is 1.